The molecule has 0 heterocycles. The lowest BCUT2D eigenvalue weighted by atomic mass is 10.0. The summed E-state index contributed by atoms with van der Waals surface area (Å²) < 4.78 is 16.9. The smallest absolute Gasteiger partial charge is 0.306 e. The van der Waals surface area contributed by atoms with Gasteiger partial charge in [0.25, 0.3) is 0 Å². The molecule has 6 nitrogen and oxygen atoms in total. The quantitative estimate of drug-likeness (QED) is 0.0262. The third kappa shape index (κ3) is 52.9. The van der Waals surface area contributed by atoms with Crippen molar-refractivity contribution in [3.63, 3.8) is 0 Å². The number of carbonyl (C=O) groups is 3. The average molecular weight is 930 g/mol. The highest BCUT2D eigenvalue weighted by Crippen LogP contribution is 2.17. The van der Waals surface area contributed by atoms with Crippen molar-refractivity contribution in [1.82, 2.24) is 0 Å². The fraction of sp³-hybridized carbons (Fsp3) is 0.883. The van der Waals surface area contributed by atoms with Crippen LogP contribution in [0.3, 0.4) is 0 Å². The Balaban J connectivity index is 4.32. The van der Waals surface area contributed by atoms with E-state index in [4.69, 9.17) is 14.2 Å². The van der Waals surface area contributed by atoms with Crippen LogP contribution in [0.25, 0.3) is 0 Å². The van der Waals surface area contributed by atoms with Gasteiger partial charge in [-0.1, -0.05) is 257 Å². The molecular weight excluding hydrogens is 817 g/mol. The van der Waals surface area contributed by atoms with Crippen molar-refractivity contribution in [3.8, 4) is 0 Å². The molecule has 0 aromatic carbocycles. The molecule has 0 unspecified atom stereocenters. The van der Waals surface area contributed by atoms with Gasteiger partial charge in [0.2, 0.25) is 0 Å². The van der Waals surface area contributed by atoms with Crippen molar-refractivity contribution in [2.24, 2.45) is 0 Å². The lowest BCUT2D eigenvalue weighted by Crippen LogP contribution is -2.30. The molecule has 0 saturated heterocycles. The summed E-state index contributed by atoms with van der Waals surface area (Å²) in [5.74, 6) is -0.870. The van der Waals surface area contributed by atoms with E-state index in [-0.39, 0.29) is 31.1 Å². The second-order valence-corrected chi connectivity index (χ2v) is 19.9. The molecule has 0 aromatic rings. The van der Waals surface area contributed by atoms with E-state index in [1.807, 2.05) is 0 Å². The summed E-state index contributed by atoms with van der Waals surface area (Å²) in [5.41, 5.74) is 0. The minimum absolute atomic E-state index is 0.0728. The van der Waals surface area contributed by atoms with Gasteiger partial charge in [-0.05, 0) is 70.6 Å². The topological polar surface area (TPSA) is 78.9 Å². The molecule has 0 aliphatic carbocycles. The van der Waals surface area contributed by atoms with Crippen LogP contribution in [0.15, 0.2) is 24.3 Å². The molecule has 66 heavy (non-hydrogen) atoms. The predicted octanol–water partition coefficient (Wildman–Crippen LogP) is 19.5. The Bertz CT molecular complexity index is 1070. The number of hydrogen-bond acceptors (Lipinski definition) is 6. The highest BCUT2D eigenvalue weighted by Gasteiger charge is 2.19. The molecule has 0 spiro atoms. The lowest BCUT2D eigenvalue weighted by Gasteiger charge is -2.18. The Morgan fingerprint density at radius 3 is 0.773 bits per heavy atom. The van der Waals surface area contributed by atoms with Gasteiger partial charge in [-0.2, -0.15) is 0 Å². The summed E-state index contributed by atoms with van der Waals surface area (Å²) in [6, 6.07) is 0. The molecule has 0 N–H and O–H groups in total. The highest BCUT2D eigenvalue weighted by atomic mass is 16.6. The van der Waals surface area contributed by atoms with Gasteiger partial charge in [0.05, 0.1) is 0 Å². The standard InChI is InChI=1S/C60H112O6/c1-4-7-10-13-16-19-22-25-27-29-30-31-33-35-38-41-44-47-50-53-59(62)65-56-57(55-64-58(61)52-49-46-43-40-37-34-24-21-18-15-12-9-6-3)66-60(63)54-51-48-45-42-39-36-32-28-26-23-20-17-14-11-8-5-2/h21,24,28,32,57H,4-20,22-23,25-27,29-31,33-56H2,1-3H3/b24-21-,32-28-/t57-/m1/s1. The van der Waals surface area contributed by atoms with E-state index in [1.165, 1.54) is 212 Å². The van der Waals surface area contributed by atoms with Crippen LogP contribution in [0, 0.1) is 0 Å². The SMILES string of the molecule is CCCCCC/C=C\CCCCCCCC(=O)OC[C@H](COC(=O)CCCCCCCCCCCCCCCCCCCCC)OC(=O)CCCCCCC/C=C\CCCCCCCCC. The third-order valence-electron chi connectivity index (χ3n) is 13.2. The summed E-state index contributed by atoms with van der Waals surface area (Å²) in [5, 5.41) is 0. The molecule has 0 amide bonds. The first kappa shape index (κ1) is 63.9. The minimum atomic E-state index is -0.775. The molecule has 6 heteroatoms. The number of esters is 3. The highest BCUT2D eigenvalue weighted by molar-refractivity contribution is 5.71. The maximum Gasteiger partial charge on any atom is 0.306 e. The van der Waals surface area contributed by atoms with E-state index >= 15 is 0 Å². The van der Waals surface area contributed by atoms with Crippen LogP contribution in [0.1, 0.15) is 323 Å². The van der Waals surface area contributed by atoms with Crippen molar-refractivity contribution in [1.29, 1.82) is 0 Å². The first-order chi connectivity index (χ1) is 32.5. The molecule has 0 aliphatic heterocycles. The number of rotatable bonds is 54. The van der Waals surface area contributed by atoms with Crippen LogP contribution in [0.4, 0.5) is 0 Å². The van der Waals surface area contributed by atoms with Gasteiger partial charge in [0, 0.05) is 19.3 Å². The van der Waals surface area contributed by atoms with Gasteiger partial charge in [0.15, 0.2) is 6.10 Å². The van der Waals surface area contributed by atoms with Crippen molar-refractivity contribution < 1.29 is 28.6 Å². The molecule has 0 fully saturated rings. The average Bonchev–Trinajstić information content (AvgIpc) is 3.31. The Kier molecular flexibility index (Phi) is 53.7. The number of unbranched alkanes of at least 4 members (excludes halogenated alkanes) is 39. The van der Waals surface area contributed by atoms with Gasteiger partial charge < -0.3 is 14.2 Å². The first-order valence-corrected chi connectivity index (χ1v) is 29.3. The van der Waals surface area contributed by atoms with Gasteiger partial charge in [-0.25, -0.2) is 0 Å². The van der Waals surface area contributed by atoms with Gasteiger partial charge in [0.1, 0.15) is 13.2 Å². The number of allylic oxidation sites excluding steroid dienone is 4. The molecule has 388 valence electrons. The molecule has 0 radical (unpaired) electrons. The maximum atomic E-state index is 12.8. The monoisotopic (exact) mass is 929 g/mol. The normalized spacial score (nSPS) is 12.1. The van der Waals surface area contributed by atoms with Crippen LogP contribution in [-0.4, -0.2) is 37.2 Å². The van der Waals surface area contributed by atoms with Crippen LogP contribution >= 0.6 is 0 Å². The van der Waals surface area contributed by atoms with E-state index in [2.05, 4.69) is 45.1 Å². The van der Waals surface area contributed by atoms with Gasteiger partial charge in [-0.3, -0.25) is 14.4 Å². The Morgan fingerprint density at radius 1 is 0.288 bits per heavy atom. The first-order valence-electron chi connectivity index (χ1n) is 29.3. The third-order valence-corrected chi connectivity index (χ3v) is 13.2. The van der Waals surface area contributed by atoms with Crippen LogP contribution in [0.2, 0.25) is 0 Å². The number of ether oxygens (including phenoxy) is 3. The second-order valence-electron chi connectivity index (χ2n) is 19.9. The summed E-state index contributed by atoms with van der Waals surface area (Å²) in [4.78, 5) is 38.1. The Labute approximate surface area is 411 Å². The van der Waals surface area contributed by atoms with E-state index in [9.17, 15) is 14.4 Å². The fourth-order valence-electron chi connectivity index (χ4n) is 8.73. The van der Waals surface area contributed by atoms with Gasteiger partial charge >= 0.3 is 17.9 Å². The zero-order chi connectivity index (χ0) is 47.9. The Morgan fingerprint density at radius 2 is 0.500 bits per heavy atom. The second kappa shape index (κ2) is 55.5. The van der Waals surface area contributed by atoms with Crippen LogP contribution in [-0.2, 0) is 28.6 Å². The fourth-order valence-corrected chi connectivity index (χ4v) is 8.73. The molecule has 0 saturated carbocycles. The zero-order valence-electron chi connectivity index (χ0n) is 44.5. The van der Waals surface area contributed by atoms with Crippen LogP contribution < -0.4 is 0 Å². The van der Waals surface area contributed by atoms with Crippen molar-refractivity contribution in [2.45, 2.75) is 329 Å². The number of hydrogen-bond donors (Lipinski definition) is 0. The largest absolute Gasteiger partial charge is 0.462 e. The maximum absolute atomic E-state index is 12.8. The molecular formula is C60H112O6. The summed E-state index contributed by atoms with van der Waals surface area (Å²) in [6.07, 6.45) is 64.5. The van der Waals surface area contributed by atoms with E-state index in [0.717, 1.165) is 70.6 Å². The van der Waals surface area contributed by atoms with Crippen molar-refractivity contribution in [3.05, 3.63) is 24.3 Å². The van der Waals surface area contributed by atoms with E-state index in [0.29, 0.717) is 19.3 Å². The molecule has 0 bridgehead atoms. The summed E-state index contributed by atoms with van der Waals surface area (Å²) >= 11 is 0. The summed E-state index contributed by atoms with van der Waals surface area (Å²) in [6.45, 7) is 6.66. The van der Waals surface area contributed by atoms with E-state index < -0.39 is 6.10 Å². The molecule has 0 aromatic heterocycles. The number of carbonyl (C=O) groups excluding carboxylic acids is 3. The van der Waals surface area contributed by atoms with Crippen molar-refractivity contribution in [2.75, 3.05) is 13.2 Å². The van der Waals surface area contributed by atoms with Gasteiger partial charge in [-0.15, -0.1) is 0 Å². The summed E-state index contributed by atoms with van der Waals surface area (Å²) in [7, 11) is 0. The lowest BCUT2D eigenvalue weighted by molar-refractivity contribution is -0.167. The van der Waals surface area contributed by atoms with E-state index in [1.54, 1.807) is 0 Å². The predicted molar refractivity (Wildman–Crippen MR) is 284 cm³/mol. The zero-order valence-corrected chi connectivity index (χ0v) is 44.5. The minimum Gasteiger partial charge on any atom is -0.462 e. The molecule has 0 rings (SSSR count). The Hall–Kier alpha value is -2.11. The van der Waals surface area contributed by atoms with Crippen LogP contribution in [0.5, 0.6) is 0 Å². The molecule has 1 atom stereocenters. The molecule has 0 aliphatic rings. The van der Waals surface area contributed by atoms with Crippen molar-refractivity contribution >= 4 is 17.9 Å².